The topological polar surface area (TPSA) is 17.1 Å². The van der Waals surface area contributed by atoms with Gasteiger partial charge in [0.1, 0.15) is 0 Å². The molecule has 1 aromatic rings. The van der Waals surface area contributed by atoms with Gasteiger partial charge in [0.2, 0.25) is 0 Å². The molecule has 1 nitrogen and oxygen atoms in total. The Balaban J connectivity index is 2.44. The van der Waals surface area contributed by atoms with Gasteiger partial charge in [-0.1, -0.05) is 35.4 Å². The van der Waals surface area contributed by atoms with Gasteiger partial charge in [-0.3, -0.25) is 4.79 Å². The van der Waals surface area contributed by atoms with Crippen LogP contribution in [-0.4, -0.2) is 5.78 Å². The summed E-state index contributed by atoms with van der Waals surface area (Å²) in [5.74, 6) is 0.331. The highest BCUT2D eigenvalue weighted by Gasteiger charge is 2.18. The summed E-state index contributed by atoms with van der Waals surface area (Å²) in [5.41, 5.74) is 4.48. The lowest BCUT2D eigenvalue weighted by atomic mass is 9.84. The number of allylic oxidation sites excluding steroid dienone is 4. The van der Waals surface area contributed by atoms with Crippen LogP contribution in [0, 0.1) is 6.92 Å². The normalized spacial score (nSPS) is 19.2. The summed E-state index contributed by atoms with van der Waals surface area (Å²) in [5, 5.41) is 0.751. The Bertz CT molecular complexity index is 532. The van der Waals surface area contributed by atoms with Crippen LogP contribution in [0.2, 0.25) is 5.02 Å². The summed E-state index contributed by atoms with van der Waals surface area (Å²) >= 11 is 6.11. The van der Waals surface area contributed by atoms with E-state index in [9.17, 15) is 4.79 Å². The van der Waals surface area contributed by atoms with E-state index in [0.29, 0.717) is 0 Å². The van der Waals surface area contributed by atoms with E-state index in [-0.39, 0.29) is 11.7 Å². The molecule has 0 saturated heterocycles. The van der Waals surface area contributed by atoms with Crippen molar-refractivity contribution in [3.8, 4) is 0 Å². The second kappa shape index (κ2) is 5.11. The van der Waals surface area contributed by atoms with Gasteiger partial charge in [-0.05, 0) is 56.0 Å². The number of halogens is 1. The van der Waals surface area contributed by atoms with Gasteiger partial charge in [0.05, 0.1) is 0 Å². The number of carbonyl (C=O) groups is 1. The van der Waals surface area contributed by atoms with Crippen molar-refractivity contribution in [2.75, 3.05) is 0 Å². The van der Waals surface area contributed by atoms with Crippen LogP contribution in [0.4, 0.5) is 0 Å². The molecule has 1 aromatic carbocycles. The highest BCUT2D eigenvalue weighted by Crippen LogP contribution is 2.33. The second-order valence-electron chi connectivity index (χ2n) is 4.94. The molecular weight excluding hydrogens is 244 g/mol. The van der Waals surface area contributed by atoms with Gasteiger partial charge in [0, 0.05) is 10.9 Å². The third-order valence-electron chi connectivity index (χ3n) is 3.38. The molecule has 1 aliphatic rings. The number of carbonyl (C=O) groups excluding carboxylic acids is 1. The van der Waals surface area contributed by atoms with E-state index < -0.39 is 0 Å². The molecule has 2 heteroatoms. The van der Waals surface area contributed by atoms with E-state index in [1.165, 1.54) is 5.57 Å². The number of hydrogen-bond acceptors (Lipinski definition) is 1. The van der Waals surface area contributed by atoms with Crippen molar-refractivity contribution in [2.45, 2.75) is 33.1 Å². The molecule has 1 aliphatic carbocycles. The van der Waals surface area contributed by atoms with Crippen LogP contribution < -0.4 is 0 Å². The largest absolute Gasteiger partial charge is 0.295 e. The van der Waals surface area contributed by atoms with Crippen molar-refractivity contribution < 1.29 is 4.79 Å². The van der Waals surface area contributed by atoms with E-state index in [0.717, 1.165) is 28.1 Å². The first-order valence-electron chi connectivity index (χ1n) is 6.12. The Morgan fingerprint density at radius 3 is 2.61 bits per heavy atom. The minimum absolute atomic E-state index is 0.155. The van der Waals surface area contributed by atoms with Crippen LogP contribution in [0.3, 0.4) is 0 Å². The van der Waals surface area contributed by atoms with Crippen LogP contribution >= 0.6 is 11.6 Å². The summed E-state index contributed by atoms with van der Waals surface area (Å²) in [7, 11) is 0. The van der Waals surface area contributed by atoms with Crippen LogP contribution in [0.1, 0.15) is 37.3 Å². The zero-order valence-electron chi connectivity index (χ0n) is 11.0. The van der Waals surface area contributed by atoms with Crippen molar-refractivity contribution >= 4 is 17.4 Å². The monoisotopic (exact) mass is 260 g/mol. The fraction of sp³-hybridized carbons (Fsp3) is 0.312. The lowest BCUT2D eigenvalue weighted by Gasteiger charge is -2.21. The van der Waals surface area contributed by atoms with Crippen LogP contribution in [0.25, 0.3) is 0 Å². The van der Waals surface area contributed by atoms with Crippen molar-refractivity contribution in [2.24, 2.45) is 0 Å². The molecule has 0 heterocycles. The van der Waals surface area contributed by atoms with E-state index in [1.807, 2.05) is 19.1 Å². The molecule has 2 rings (SSSR count). The number of benzene rings is 1. The van der Waals surface area contributed by atoms with E-state index in [1.54, 1.807) is 6.92 Å². The van der Waals surface area contributed by atoms with Crippen molar-refractivity contribution in [3.05, 3.63) is 57.6 Å². The maximum absolute atomic E-state index is 11.5. The maximum atomic E-state index is 11.5. The lowest BCUT2D eigenvalue weighted by Crippen LogP contribution is -2.07. The molecule has 0 bridgehead atoms. The van der Waals surface area contributed by atoms with Crippen LogP contribution in [-0.2, 0) is 4.79 Å². The first-order valence-corrected chi connectivity index (χ1v) is 6.50. The lowest BCUT2D eigenvalue weighted by molar-refractivity contribution is -0.113. The summed E-state index contributed by atoms with van der Waals surface area (Å²) in [6, 6.07) is 6.06. The molecule has 0 aromatic heterocycles. The number of Topliss-reactive ketones (excluding diaryl/α,β-unsaturated/α-hetero) is 1. The first-order chi connectivity index (χ1) is 8.47. The third kappa shape index (κ3) is 2.73. The molecule has 0 amide bonds. The van der Waals surface area contributed by atoms with Gasteiger partial charge in [-0.2, -0.15) is 0 Å². The van der Waals surface area contributed by atoms with Gasteiger partial charge in [-0.15, -0.1) is 0 Å². The summed E-state index contributed by atoms with van der Waals surface area (Å²) in [6.07, 6.45) is 4.96. The number of aryl methyl sites for hydroxylation is 1. The predicted octanol–water partition coefficient (Wildman–Crippen LogP) is 4.60. The summed E-state index contributed by atoms with van der Waals surface area (Å²) in [6.45, 7) is 5.77. The Morgan fingerprint density at radius 2 is 2.00 bits per heavy atom. The Morgan fingerprint density at radius 1 is 1.28 bits per heavy atom. The minimum Gasteiger partial charge on any atom is -0.295 e. The van der Waals surface area contributed by atoms with Gasteiger partial charge in [0.25, 0.3) is 0 Å². The number of hydrogen-bond donors (Lipinski definition) is 0. The predicted molar refractivity (Wildman–Crippen MR) is 76.1 cm³/mol. The molecule has 1 atom stereocenters. The summed E-state index contributed by atoms with van der Waals surface area (Å²) in [4.78, 5) is 11.5. The number of rotatable bonds is 2. The van der Waals surface area contributed by atoms with Gasteiger partial charge in [0.15, 0.2) is 5.78 Å². The SMILES string of the molecule is CC(=O)C1=CC(c2cc(C)cc(Cl)c2)C(C)=CC1. The van der Waals surface area contributed by atoms with E-state index >= 15 is 0 Å². The fourth-order valence-electron chi connectivity index (χ4n) is 2.36. The highest BCUT2D eigenvalue weighted by atomic mass is 35.5. The van der Waals surface area contributed by atoms with Gasteiger partial charge in [-0.25, -0.2) is 0 Å². The van der Waals surface area contributed by atoms with Crippen molar-refractivity contribution in [3.63, 3.8) is 0 Å². The van der Waals surface area contributed by atoms with Crippen molar-refractivity contribution in [1.82, 2.24) is 0 Å². The molecule has 0 aliphatic heterocycles. The molecule has 0 radical (unpaired) electrons. The van der Waals surface area contributed by atoms with Crippen LogP contribution in [0.15, 0.2) is 41.5 Å². The van der Waals surface area contributed by atoms with Gasteiger partial charge < -0.3 is 0 Å². The molecule has 0 spiro atoms. The van der Waals surface area contributed by atoms with E-state index in [2.05, 4.69) is 25.1 Å². The van der Waals surface area contributed by atoms with E-state index in [4.69, 9.17) is 11.6 Å². The zero-order chi connectivity index (χ0) is 13.3. The minimum atomic E-state index is 0.155. The molecule has 0 saturated carbocycles. The first kappa shape index (κ1) is 13.1. The average molecular weight is 261 g/mol. The average Bonchev–Trinajstić information content (AvgIpc) is 2.27. The van der Waals surface area contributed by atoms with Crippen LogP contribution in [0.5, 0.6) is 0 Å². The maximum Gasteiger partial charge on any atom is 0.155 e. The molecule has 94 valence electrons. The molecule has 0 fully saturated rings. The Labute approximate surface area is 113 Å². The van der Waals surface area contributed by atoms with Gasteiger partial charge >= 0.3 is 0 Å². The molecule has 1 unspecified atom stereocenters. The quantitative estimate of drug-likeness (QED) is 0.711. The molecule has 0 N–H and O–H groups in total. The number of ketones is 1. The molecule has 18 heavy (non-hydrogen) atoms. The standard InChI is InChI=1S/C16H17ClO/c1-10-6-14(8-15(17)7-10)16-9-13(12(3)18)5-4-11(16)2/h4,6-9,16H,5H2,1-3H3. The smallest absolute Gasteiger partial charge is 0.155 e. The zero-order valence-corrected chi connectivity index (χ0v) is 11.7. The Hall–Kier alpha value is -1.34. The third-order valence-corrected chi connectivity index (χ3v) is 3.60. The van der Waals surface area contributed by atoms with Crippen molar-refractivity contribution in [1.29, 1.82) is 0 Å². The highest BCUT2D eigenvalue weighted by molar-refractivity contribution is 6.30. The second-order valence-corrected chi connectivity index (χ2v) is 5.38. The molecular formula is C16H17ClO. The Kier molecular flexibility index (Phi) is 3.72. The summed E-state index contributed by atoms with van der Waals surface area (Å²) < 4.78 is 0. The fourth-order valence-corrected chi connectivity index (χ4v) is 2.66.